The number of carbonyl (C=O) groups excluding carboxylic acids is 2. The number of amides is 2. The molecule has 0 aromatic heterocycles. The van der Waals surface area contributed by atoms with Crippen LogP contribution in [0.5, 0.6) is 0 Å². The third-order valence-corrected chi connectivity index (χ3v) is 3.41. The van der Waals surface area contributed by atoms with E-state index in [-0.39, 0.29) is 24.2 Å². The number of benzene rings is 1. The number of nitrogens with one attached hydrogen (secondary N) is 2. The largest absolute Gasteiger partial charge is 0.355 e. The van der Waals surface area contributed by atoms with Crippen LogP contribution in [-0.4, -0.2) is 30.4 Å². The SMILES string of the molecule is CSC[C@H](C)C(=O)NCCC(=O)Nc1ccccc1. The van der Waals surface area contributed by atoms with Gasteiger partial charge in [-0.2, -0.15) is 11.8 Å². The van der Waals surface area contributed by atoms with E-state index in [9.17, 15) is 9.59 Å². The molecule has 2 N–H and O–H groups in total. The number of hydrogen-bond donors (Lipinski definition) is 2. The molecule has 104 valence electrons. The fraction of sp³-hybridized carbons (Fsp3) is 0.429. The average Bonchev–Trinajstić information content (AvgIpc) is 2.40. The van der Waals surface area contributed by atoms with E-state index in [0.29, 0.717) is 6.54 Å². The van der Waals surface area contributed by atoms with E-state index in [1.165, 1.54) is 0 Å². The molecule has 0 saturated carbocycles. The highest BCUT2D eigenvalue weighted by Gasteiger charge is 2.11. The van der Waals surface area contributed by atoms with Gasteiger partial charge in [-0.3, -0.25) is 9.59 Å². The Hall–Kier alpha value is -1.49. The Bertz CT molecular complexity index is 409. The van der Waals surface area contributed by atoms with Gasteiger partial charge in [0.2, 0.25) is 11.8 Å². The van der Waals surface area contributed by atoms with Crippen molar-refractivity contribution in [1.29, 1.82) is 0 Å². The molecule has 0 fully saturated rings. The smallest absolute Gasteiger partial charge is 0.226 e. The van der Waals surface area contributed by atoms with Crippen molar-refractivity contribution in [1.82, 2.24) is 5.32 Å². The number of thioether (sulfide) groups is 1. The Morgan fingerprint density at radius 2 is 1.95 bits per heavy atom. The molecule has 0 radical (unpaired) electrons. The first-order valence-corrected chi connectivity index (χ1v) is 7.64. The van der Waals surface area contributed by atoms with Crippen LogP contribution in [0.3, 0.4) is 0 Å². The van der Waals surface area contributed by atoms with E-state index in [1.807, 2.05) is 43.5 Å². The predicted octanol–water partition coefficient (Wildman–Crippen LogP) is 2.13. The van der Waals surface area contributed by atoms with Crippen LogP contribution in [0.2, 0.25) is 0 Å². The molecule has 1 atom stereocenters. The highest BCUT2D eigenvalue weighted by molar-refractivity contribution is 7.98. The monoisotopic (exact) mass is 280 g/mol. The summed E-state index contributed by atoms with van der Waals surface area (Å²) in [6.45, 7) is 2.26. The summed E-state index contributed by atoms with van der Waals surface area (Å²) in [5.41, 5.74) is 0.773. The molecule has 0 unspecified atom stereocenters. The van der Waals surface area contributed by atoms with Gasteiger partial charge in [-0.25, -0.2) is 0 Å². The second-order valence-electron chi connectivity index (χ2n) is 4.31. The van der Waals surface area contributed by atoms with Crippen LogP contribution in [0.15, 0.2) is 30.3 Å². The van der Waals surface area contributed by atoms with Crippen LogP contribution in [0, 0.1) is 5.92 Å². The summed E-state index contributed by atoms with van der Waals surface area (Å²) in [6.07, 6.45) is 2.25. The molecule has 19 heavy (non-hydrogen) atoms. The third-order valence-electron chi connectivity index (χ3n) is 2.57. The van der Waals surface area contributed by atoms with E-state index in [2.05, 4.69) is 10.6 Å². The second-order valence-corrected chi connectivity index (χ2v) is 5.22. The van der Waals surface area contributed by atoms with Gasteiger partial charge >= 0.3 is 0 Å². The summed E-state index contributed by atoms with van der Waals surface area (Å²) in [5, 5.41) is 5.55. The first kappa shape index (κ1) is 15.6. The molecule has 0 aliphatic carbocycles. The number of carbonyl (C=O) groups is 2. The molecule has 1 rings (SSSR count). The van der Waals surface area contributed by atoms with E-state index in [0.717, 1.165) is 11.4 Å². The molecule has 0 aliphatic heterocycles. The van der Waals surface area contributed by atoms with Crippen molar-refractivity contribution in [3.63, 3.8) is 0 Å². The molecule has 1 aromatic carbocycles. The van der Waals surface area contributed by atoms with Gasteiger partial charge in [0, 0.05) is 30.3 Å². The molecule has 0 saturated heterocycles. The summed E-state index contributed by atoms with van der Waals surface area (Å²) < 4.78 is 0. The van der Waals surface area contributed by atoms with Crippen molar-refractivity contribution >= 4 is 29.3 Å². The van der Waals surface area contributed by atoms with Gasteiger partial charge in [-0.15, -0.1) is 0 Å². The summed E-state index contributed by atoms with van der Waals surface area (Å²) in [5.74, 6) is 0.681. The van der Waals surface area contributed by atoms with Gasteiger partial charge in [0.05, 0.1) is 0 Å². The summed E-state index contributed by atoms with van der Waals surface area (Å²) in [4.78, 5) is 23.2. The van der Waals surface area contributed by atoms with Crippen molar-refractivity contribution < 1.29 is 9.59 Å². The number of anilines is 1. The average molecular weight is 280 g/mol. The van der Waals surface area contributed by atoms with Crippen LogP contribution < -0.4 is 10.6 Å². The third kappa shape index (κ3) is 6.29. The molecule has 0 spiro atoms. The maximum Gasteiger partial charge on any atom is 0.226 e. The minimum absolute atomic E-state index is 0.00172. The summed E-state index contributed by atoms with van der Waals surface area (Å²) in [6, 6.07) is 9.28. The Morgan fingerprint density at radius 1 is 1.26 bits per heavy atom. The van der Waals surface area contributed by atoms with Gasteiger partial charge in [-0.05, 0) is 18.4 Å². The minimum atomic E-state index is -0.0935. The zero-order valence-corrected chi connectivity index (χ0v) is 12.1. The van der Waals surface area contributed by atoms with Crippen LogP contribution in [0.25, 0.3) is 0 Å². The molecule has 2 amide bonds. The van der Waals surface area contributed by atoms with Crippen molar-refractivity contribution in [2.45, 2.75) is 13.3 Å². The summed E-state index contributed by atoms with van der Waals surface area (Å²) >= 11 is 1.64. The first-order valence-electron chi connectivity index (χ1n) is 6.25. The number of hydrogen-bond acceptors (Lipinski definition) is 3. The fourth-order valence-corrected chi connectivity index (χ4v) is 2.20. The quantitative estimate of drug-likeness (QED) is 0.804. The lowest BCUT2D eigenvalue weighted by molar-refractivity contribution is -0.123. The first-order chi connectivity index (χ1) is 9.13. The predicted molar refractivity (Wildman–Crippen MR) is 80.2 cm³/mol. The zero-order valence-electron chi connectivity index (χ0n) is 11.3. The van der Waals surface area contributed by atoms with Gasteiger partial charge in [-0.1, -0.05) is 25.1 Å². The Morgan fingerprint density at radius 3 is 2.58 bits per heavy atom. The molecule has 5 heteroatoms. The maximum absolute atomic E-state index is 11.6. The number of para-hydroxylation sites is 1. The molecule has 0 heterocycles. The maximum atomic E-state index is 11.6. The Kier molecular flexibility index (Phi) is 7.03. The van der Waals surface area contributed by atoms with Crippen molar-refractivity contribution in [2.75, 3.05) is 23.9 Å². The van der Waals surface area contributed by atoms with Gasteiger partial charge in [0.15, 0.2) is 0 Å². The molecule has 0 aliphatic rings. The van der Waals surface area contributed by atoms with E-state index in [4.69, 9.17) is 0 Å². The minimum Gasteiger partial charge on any atom is -0.355 e. The molecular weight excluding hydrogens is 260 g/mol. The van der Waals surface area contributed by atoms with E-state index >= 15 is 0 Å². The zero-order chi connectivity index (χ0) is 14.1. The van der Waals surface area contributed by atoms with Crippen LogP contribution in [0.1, 0.15) is 13.3 Å². The summed E-state index contributed by atoms with van der Waals surface area (Å²) in [7, 11) is 0. The standard InChI is InChI=1S/C14H20N2O2S/c1-11(10-19-2)14(18)15-9-8-13(17)16-12-6-4-3-5-7-12/h3-7,11H,8-10H2,1-2H3,(H,15,18)(H,16,17)/t11-/m0/s1. The highest BCUT2D eigenvalue weighted by atomic mass is 32.2. The molecular formula is C14H20N2O2S. The molecule has 4 nitrogen and oxygen atoms in total. The van der Waals surface area contributed by atoms with Crippen LogP contribution in [0.4, 0.5) is 5.69 Å². The van der Waals surface area contributed by atoms with Crippen molar-refractivity contribution in [2.24, 2.45) is 5.92 Å². The molecule has 1 aromatic rings. The van der Waals surface area contributed by atoms with Crippen LogP contribution >= 0.6 is 11.8 Å². The van der Waals surface area contributed by atoms with Gasteiger partial charge in [0.1, 0.15) is 0 Å². The van der Waals surface area contributed by atoms with E-state index < -0.39 is 0 Å². The fourth-order valence-electron chi connectivity index (χ4n) is 1.54. The normalized spacial score (nSPS) is 11.7. The van der Waals surface area contributed by atoms with Gasteiger partial charge < -0.3 is 10.6 Å². The lowest BCUT2D eigenvalue weighted by atomic mass is 10.2. The topological polar surface area (TPSA) is 58.2 Å². The lowest BCUT2D eigenvalue weighted by Gasteiger charge is -2.10. The lowest BCUT2D eigenvalue weighted by Crippen LogP contribution is -2.32. The van der Waals surface area contributed by atoms with Gasteiger partial charge in [0.25, 0.3) is 0 Å². The van der Waals surface area contributed by atoms with Crippen molar-refractivity contribution in [3.8, 4) is 0 Å². The van der Waals surface area contributed by atoms with Crippen molar-refractivity contribution in [3.05, 3.63) is 30.3 Å². The Labute approximate surface area is 118 Å². The number of rotatable bonds is 7. The highest BCUT2D eigenvalue weighted by Crippen LogP contribution is 2.06. The Balaban J connectivity index is 2.22. The van der Waals surface area contributed by atoms with Crippen LogP contribution in [-0.2, 0) is 9.59 Å². The van der Waals surface area contributed by atoms with E-state index in [1.54, 1.807) is 11.8 Å². The molecule has 0 bridgehead atoms. The second kappa shape index (κ2) is 8.58.